The summed E-state index contributed by atoms with van der Waals surface area (Å²) in [6.07, 6.45) is 6.03. The van der Waals surface area contributed by atoms with Gasteiger partial charge in [-0.1, -0.05) is 0 Å². The molecule has 1 aliphatic carbocycles. The van der Waals surface area contributed by atoms with Gasteiger partial charge in [0.25, 0.3) is 0 Å². The van der Waals surface area contributed by atoms with Crippen LogP contribution in [0.3, 0.4) is 0 Å². The second kappa shape index (κ2) is 2.95. The second-order valence-electron chi connectivity index (χ2n) is 4.36. The van der Waals surface area contributed by atoms with Gasteiger partial charge in [-0.2, -0.15) is 0 Å². The van der Waals surface area contributed by atoms with Crippen LogP contribution in [0, 0.1) is 0 Å². The van der Waals surface area contributed by atoms with Gasteiger partial charge in [-0.25, -0.2) is 4.98 Å². The maximum atomic E-state index is 5.93. The number of hydrogen-bond donors (Lipinski definition) is 0. The number of imidazole rings is 1. The summed E-state index contributed by atoms with van der Waals surface area (Å²) in [5.74, 6) is 1.42. The Morgan fingerprint density at radius 1 is 1.53 bits per heavy atom. The maximum Gasteiger partial charge on any atom is 0.125 e. The molecule has 0 saturated heterocycles. The Morgan fingerprint density at radius 3 is 3.00 bits per heavy atom. The third-order valence-corrected chi connectivity index (χ3v) is 3.40. The van der Waals surface area contributed by atoms with E-state index >= 15 is 0 Å². The fourth-order valence-electron chi connectivity index (χ4n) is 2.08. The van der Waals surface area contributed by atoms with E-state index in [9.17, 15) is 0 Å². The van der Waals surface area contributed by atoms with Gasteiger partial charge in [0, 0.05) is 11.7 Å². The fraction of sp³-hybridized carbons (Fsp3) is 0.455. The van der Waals surface area contributed by atoms with Gasteiger partial charge in [-0.15, -0.1) is 11.6 Å². The molecule has 1 fully saturated rings. The molecule has 2 heterocycles. The Bertz CT molecular complexity index is 514. The van der Waals surface area contributed by atoms with Crippen molar-refractivity contribution in [3.63, 3.8) is 0 Å². The lowest BCUT2D eigenvalue weighted by Gasteiger charge is -2.14. The molecule has 3 rings (SSSR count). The summed E-state index contributed by atoms with van der Waals surface area (Å²) < 4.78 is 2.27. The smallest absolute Gasteiger partial charge is 0.125 e. The topological polar surface area (TPSA) is 30.7 Å². The lowest BCUT2D eigenvalue weighted by molar-refractivity contribution is 0.531. The molecule has 78 valence electrons. The summed E-state index contributed by atoms with van der Waals surface area (Å²) >= 11 is 5.93. The van der Waals surface area contributed by atoms with Gasteiger partial charge in [-0.3, -0.25) is 4.98 Å². The number of fused-ring (bicyclic) bond motifs is 1. The van der Waals surface area contributed by atoms with Crippen LogP contribution < -0.4 is 0 Å². The van der Waals surface area contributed by atoms with E-state index in [1.807, 2.05) is 12.3 Å². The van der Waals surface area contributed by atoms with Gasteiger partial charge in [0.15, 0.2) is 0 Å². The molecular formula is C11H12ClN3. The van der Waals surface area contributed by atoms with E-state index in [4.69, 9.17) is 11.6 Å². The molecule has 0 spiro atoms. The first-order valence-electron chi connectivity index (χ1n) is 5.12. The summed E-state index contributed by atoms with van der Waals surface area (Å²) in [7, 11) is 0. The van der Waals surface area contributed by atoms with Crippen molar-refractivity contribution in [2.75, 3.05) is 0 Å². The van der Waals surface area contributed by atoms with E-state index in [1.165, 1.54) is 12.8 Å². The summed E-state index contributed by atoms with van der Waals surface area (Å²) in [4.78, 5) is 8.59. The minimum Gasteiger partial charge on any atom is -0.321 e. The SMILES string of the molecule is CC1(n2c(CCl)nc3cnccc32)CC1. The third-order valence-electron chi connectivity index (χ3n) is 3.16. The molecule has 0 amide bonds. The molecule has 1 saturated carbocycles. The van der Waals surface area contributed by atoms with Gasteiger partial charge in [-0.05, 0) is 25.8 Å². The largest absolute Gasteiger partial charge is 0.321 e. The van der Waals surface area contributed by atoms with Gasteiger partial charge >= 0.3 is 0 Å². The minimum absolute atomic E-state index is 0.236. The minimum atomic E-state index is 0.236. The van der Waals surface area contributed by atoms with Crippen molar-refractivity contribution in [2.45, 2.75) is 31.2 Å². The lowest BCUT2D eigenvalue weighted by Crippen LogP contribution is -2.14. The Hall–Kier alpha value is -1.09. The number of aromatic nitrogens is 3. The first-order valence-corrected chi connectivity index (χ1v) is 5.66. The van der Waals surface area contributed by atoms with Crippen LogP contribution in [0.5, 0.6) is 0 Å². The monoisotopic (exact) mass is 221 g/mol. The zero-order valence-electron chi connectivity index (χ0n) is 8.57. The Morgan fingerprint density at radius 2 is 2.33 bits per heavy atom. The highest BCUT2D eigenvalue weighted by Gasteiger charge is 2.41. The highest BCUT2D eigenvalue weighted by molar-refractivity contribution is 6.16. The van der Waals surface area contributed by atoms with Crippen molar-refractivity contribution in [2.24, 2.45) is 0 Å². The highest BCUT2D eigenvalue weighted by atomic mass is 35.5. The predicted octanol–water partition coefficient (Wildman–Crippen LogP) is 2.68. The molecule has 3 nitrogen and oxygen atoms in total. The van der Waals surface area contributed by atoms with Crippen LogP contribution in [0.15, 0.2) is 18.5 Å². The molecule has 0 N–H and O–H groups in total. The van der Waals surface area contributed by atoms with E-state index in [2.05, 4.69) is 21.5 Å². The number of rotatable bonds is 2. The quantitative estimate of drug-likeness (QED) is 0.730. The molecule has 0 aromatic carbocycles. The van der Waals surface area contributed by atoms with Crippen molar-refractivity contribution < 1.29 is 0 Å². The van der Waals surface area contributed by atoms with Crippen LogP contribution in [0.25, 0.3) is 11.0 Å². The van der Waals surface area contributed by atoms with Crippen molar-refractivity contribution in [3.8, 4) is 0 Å². The number of alkyl halides is 1. The lowest BCUT2D eigenvalue weighted by atomic mass is 10.3. The summed E-state index contributed by atoms with van der Waals surface area (Å²) in [5.41, 5.74) is 2.34. The summed E-state index contributed by atoms with van der Waals surface area (Å²) in [5, 5.41) is 0. The molecule has 2 aromatic rings. The Labute approximate surface area is 93.1 Å². The normalized spacial score (nSPS) is 18.3. The molecule has 2 aromatic heterocycles. The van der Waals surface area contributed by atoms with Crippen LogP contribution in [0.2, 0.25) is 0 Å². The zero-order chi connectivity index (χ0) is 10.5. The molecule has 15 heavy (non-hydrogen) atoms. The Kier molecular flexibility index (Phi) is 1.80. The molecule has 1 aliphatic rings. The first-order chi connectivity index (χ1) is 7.24. The summed E-state index contributed by atoms with van der Waals surface area (Å²) in [6.45, 7) is 2.25. The van der Waals surface area contributed by atoms with Crippen LogP contribution >= 0.6 is 11.6 Å². The van der Waals surface area contributed by atoms with Crippen molar-refractivity contribution >= 4 is 22.6 Å². The average molecular weight is 222 g/mol. The van der Waals surface area contributed by atoms with E-state index in [0.717, 1.165) is 16.9 Å². The molecule has 0 bridgehead atoms. The van der Waals surface area contributed by atoms with Crippen LogP contribution in [0.4, 0.5) is 0 Å². The molecular weight excluding hydrogens is 210 g/mol. The van der Waals surface area contributed by atoms with E-state index in [0.29, 0.717) is 5.88 Å². The van der Waals surface area contributed by atoms with Crippen molar-refractivity contribution in [3.05, 3.63) is 24.3 Å². The molecule has 0 radical (unpaired) electrons. The van der Waals surface area contributed by atoms with Crippen LogP contribution in [-0.2, 0) is 11.4 Å². The molecule has 0 aliphatic heterocycles. The summed E-state index contributed by atoms with van der Waals surface area (Å²) in [6, 6.07) is 2.02. The maximum absolute atomic E-state index is 5.93. The number of hydrogen-bond acceptors (Lipinski definition) is 2. The number of nitrogens with zero attached hydrogens (tertiary/aromatic N) is 3. The van der Waals surface area contributed by atoms with Crippen molar-refractivity contribution in [1.82, 2.24) is 14.5 Å². The van der Waals surface area contributed by atoms with Crippen LogP contribution in [0.1, 0.15) is 25.6 Å². The molecule has 0 unspecified atom stereocenters. The van der Waals surface area contributed by atoms with Gasteiger partial charge in [0.2, 0.25) is 0 Å². The average Bonchev–Trinajstić information content (AvgIpc) is 2.87. The molecule has 0 atom stereocenters. The van der Waals surface area contributed by atoms with Gasteiger partial charge < -0.3 is 4.57 Å². The van der Waals surface area contributed by atoms with E-state index in [1.54, 1.807) is 6.20 Å². The standard InChI is InChI=1S/C11H12ClN3/c1-11(3-4-11)15-9-2-5-13-7-8(9)14-10(15)6-12/h2,5,7H,3-4,6H2,1H3. The first kappa shape index (κ1) is 9.16. The Balaban J connectivity index is 2.32. The van der Waals surface area contributed by atoms with Crippen molar-refractivity contribution in [1.29, 1.82) is 0 Å². The number of pyridine rings is 1. The van der Waals surface area contributed by atoms with Gasteiger partial charge in [0.05, 0.1) is 17.6 Å². The molecule has 4 heteroatoms. The van der Waals surface area contributed by atoms with Gasteiger partial charge in [0.1, 0.15) is 11.3 Å². The van der Waals surface area contributed by atoms with Crippen LogP contribution in [-0.4, -0.2) is 14.5 Å². The second-order valence-corrected chi connectivity index (χ2v) is 4.63. The highest BCUT2D eigenvalue weighted by Crippen LogP contribution is 2.45. The zero-order valence-corrected chi connectivity index (χ0v) is 9.33. The third kappa shape index (κ3) is 1.26. The number of halogens is 1. The fourth-order valence-corrected chi connectivity index (χ4v) is 2.26. The predicted molar refractivity (Wildman–Crippen MR) is 60.0 cm³/mol. The van der Waals surface area contributed by atoms with E-state index in [-0.39, 0.29) is 5.54 Å². The van der Waals surface area contributed by atoms with E-state index < -0.39 is 0 Å².